The van der Waals surface area contributed by atoms with Gasteiger partial charge in [-0.2, -0.15) is 30.2 Å². The Morgan fingerprint density at radius 1 is 1.08 bits per heavy atom. The molecule has 13 heteroatoms. The maximum Gasteiger partial charge on any atom is 0.416 e. The molecule has 9 nitrogen and oxygen atoms in total. The van der Waals surface area contributed by atoms with Crippen molar-refractivity contribution in [1.29, 1.82) is 0 Å². The Morgan fingerprint density at radius 2 is 1.72 bits per heavy atom. The summed E-state index contributed by atoms with van der Waals surface area (Å²) in [5, 5.41) is 12.6. The molecule has 0 bridgehead atoms. The minimum absolute atomic E-state index is 0.0117. The van der Waals surface area contributed by atoms with Crippen molar-refractivity contribution in [2.75, 3.05) is 32.7 Å². The van der Waals surface area contributed by atoms with Crippen LogP contribution in [-0.2, 0) is 32.5 Å². The van der Waals surface area contributed by atoms with Gasteiger partial charge in [0.05, 0.1) is 17.1 Å². The molecule has 0 aliphatic carbocycles. The fraction of sp³-hybridized carbons (Fsp3) is 0.652. The lowest BCUT2D eigenvalue weighted by atomic mass is 9.97. The van der Waals surface area contributed by atoms with Crippen LogP contribution in [-0.4, -0.2) is 83.2 Å². The Labute approximate surface area is 208 Å². The van der Waals surface area contributed by atoms with Crippen LogP contribution in [0.2, 0.25) is 0 Å². The Kier molecular flexibility index (Phi) is 7.39. The van der Waals surface area contributed by atoms with E-state index in [1.165, 1.54) is 25.6 Å². The fourth-order valence-electron chi connectivity index (χ4n) is 5.05. The van der Waals surface area contributed by atoms with Crippen molar-refractivity contribution in [3.63, 3.8) is 0 Å². The third-order valence-corrected chi connectivity index (χ3v) is 8.90. The summed E-state index contributed by atoms with van der Waals surface area (Å²) in [7, 11) is -3.78. The maximum absolute atomic E-state index is 13.3. The van der Waals surface area contributed by atoms with Crippen molar-refractivity contribution in [1.82, 2.24) is 18.8 Å². The number of halogens is 3. The molecule has 0 spiro atoms. The molecule has 0 unspecified atom stereocenters. The van der Waals surface area contributed by atoms with Crippen molar-refractivity contribution in [2.45, 2.75) is 57.0 Å². The number of β-amino-alcohol motifs (C(OH)–C–C–N with tert-alkyl or cyclic N) is 1. The lowest BCUT2D eigenvalue weighted by Crippen LogP contribution is -2.65. The van der Waals surface area contributed by atoms with Gasteiger partial charge in [0.15, 0.2) is 0 Å². The van der Waals surface area contributed by atoms with E-state index in [1.807, 2.05) is 0 Å². The number of amides is 2. The number of rotatable bonds is 6. The Bertz CT molecular complexity index is 1090. The largest absolute Gasteiger partial charge is 0.416 e. The Morgan fingerprint density at radius 3 is 2.33 bits per heavy atom. The monoisotopic (exact) mass is 532 g/mol. The highest BCUT2D eigenvalue weighted by Crippen LogP contribution is 2.31. The first-order valence-corrected chi connectivity index (χ1v) is 13.4. The second-order valence-corrected chi connectivity index (χ2v) is 12.0. The number of nitrogens with one attached hydrogen (secondary N) is 1. The number of hydrogen-bond donors (Lipinski definition) is 2. The molecular weight excluding hydrogens is 501 g/mol. The van der Waals surface area contributed by atoms with Crippen LogP contribution in [0.3, 0.4) is 0 Å². The van der Waals surface area contributed by atoms with E-state index in [2.05, 4.69) is 5.32 Å². The Balaban J connectivity index is 1.34. The minimum atomic E-state index is -4.44. The summed E-state index contributed by atoms with van der Waals surface area (Å²) in [6.07, 6.45) is -2.32. The number of alkyl halides is 3. The molecule has 0 saturated carbocycles. The van der Waals surface area contributed by atoms with Crippen molar-refractivity contribution in [3.8, 4) is 0 Å². The number of nitrogens with zero attached hydrogens (tertiary/aromatic N) is 3. The zero-order chi connectivity index (χ0) is 26.3. The minimum Gasteiger partial charge on any atom is -0.387 e. The van der Waals surface area contributed by atoms with Crippen LogP contribution in [0.25, 0.3) is 0 Å². The van der Waals surface area contributed by atoms with Gasteiger partial charge in [0.1, 0.15) is 6.04 Å². The van der Waals surface area contributed by atoms with Crippen LogP contribution in [0, 0.1) is 5.92 Å². The molecule has 0 aromatic heterocycles. The molecule has 3 aliphatic heterocycles. The molecule has 2 amide bonds. The first-order valence-electron chi connectivity index (χ1n) is 12.0. The highest BCUT2D eigenvalue weighted by molar-refractivity contribution is 7.86. The van der Waals surface area contributed by atoms with Crippen LogP contribution >= 0.6 is 0 Å². The van der Waals surface area contributed by atoms with E-state index in [4.69, 9.17) is 0 Å². The number of carbonyl (C=O) groups excluding carboxylic acids is 2. The number of piperidine rings is 1. The number of likely N-dealkylation sites (tertiary alicyclic amines) is 1. The normalized spacial score (nSPS) is 25.4. The van der Waals surface area contributed by atoms with E-state index in [1.54, 1.807) is 6.92 Å². The number of aliphatic hydroxyl groups is 1. The maximum atomic E-state index is 13.3. The zero-order valence-corrected chi connectivity index (χ0v) is 20.8. The molecule has 36 heavy (non-hydrogen) atoms. The lowest BCUT2D eigenvalue weighted by Gasteiger charge is -2.46. The average molecular weight is 533 g/mol. The van der Waals surface area contributed by atoms with Gasteiger partial charge in [-0.1, -0.05) is 12.1 Å². The van der Waals surface area contributed by atoms with Gasteiger partial charge in [0.25, 0.3) is 10.2 Å². The molecule has 200 valence electrons. The molecule has 2 atom stereocenters. The van der Waals surface area contributed by atoms with E-state index >= 15 is 0 Å². The molecular formula is C23H31F3N4O5S. The lowest BCUT2D eigenvalue weighted by molar-refractivity contribution is -0.142. The smallest absolute Gasteiger partial charge is 0.387 e. The van der Waals surface area contributed by atoms with Crippen molar-refractivity contribution in [3.05, 3.63) is 35.4 Å². The van der Waals surface area contributed by atoms with E-state index in [0.29, 0.717) is 44.3 Å². The first-order chi connectivity index (χ1) is 16.8. The third-order valence-electron chi connectivity index (χ3n) is 7.01. The number of benzene rings is 1. The van der Waals surface area contributed by atoms with Gasteiger partial charge in [-0.15, -0.1) is 0 Å². The van der Waals surface area contributed by atoms with Gasteiger partial charge in [-0.25, -0.2) is 0 Å². The summed E-state index contributed by atoms with van der Waals surface area (Å²) in [6.45, 7) is 2.32. The summed E-state index contributed by atoms with van der Waals surface area (Å²) < 4.78 is 66.5. The molecule has 3 heterocycles. The number of hydrogen-bond acceptors (Lipinski definition) is 5. The molecule has 2 N–H and O–H groups in total. The van der Waals surface area contributed by atoms with E-state index in [0.717, 1.165) is 12.1 Å². The Hall–Kier alpha value is -2.22. The fourth-order valence-corrected chi connectivity index (χ4v) is 6.99. The van der Waals surface area contributed by atoms with Crippen molar-refractivity contribution in [2.24, 2.45) is 5.92 Å². The highest BCUT2D eigenvalue weighted by atomic mass is 32.2. The predicted molar refractivity (Wildman–Crippen MR) is 123 cm³/mol. The van der Waals surface area contributed by atoms with E-state index in [9.17, 15) is 36.3 Å². The molecule has 4 rings (SSSR count). The van der Waals surface area contributed by atoms with Crippen molar-refractivity contribution < 1.29 is 36.3 Å². The average Bonchev–Trinajstić information content (AvgIpc) is 3.30. The summed E-state index contributed by atoms with van der Waals surface area (Å²) in [5.41, 5.74) is -1.31. The predicted octanol–water partition coefficient (Wildman–Crippen LogP) is 1.34. The summed E-state index contributed by atoms with van der Waals surface area (Å²) in [4.78, 5) is 27.7. The molecule has 0 radical (unpaired) electrons. The first kappa shape index (κ1) is 26.8. The highest BCUT2D eigenvalue weighted by Gasteiger charge is 2.47. The second kappa shape index (κ2) is 9.92. The quantitative estimate of drug-likeness (QED) is 0.575. The van der Waals surface area contributed by atoms with Gasteiger partial charge < -0.3 is 15.3 Å². The molecule has 3 aliphatic rings. The van der Waals surface area contributed by atoms with Crippen LogP contribution in [0.1, 0.15) is 43.7 Å². The van der Waals surface area contributed by atoms with Crippen LogP contribution < -0.4 is 5.32 Å². The molecule has 1 aromatic carbocycles. The standard InChI is InChI=1S/C23H31F3N4O5S/c1-22(33)14-29(15-22)36(34,35)28-10-2-4-17(13-28)21(32)30-11-3-5-19(30)20(31)27-12-16-6-8-18(9-7-16)23(24,25)26/h6-9,17,19,33H,2-5,10-15H2,1H3,(H,27,31)/t17-,19+/m0/s1. The zero-order valence-electron chi connectivity index (χ0n) is 20.0. The van der Waals surface area contributed by atoms with Gasteiger partial charge in [-0.3, -0.25) is 9.59 Å². The van der Waals surface area contributed by atoms with Crippen LogP contribution in [0.4, 0.5) is 13.2 Å². The number of carbonyl (C=O) groups is 2. The summed E-state index contributed by atoms with van der Waals surface area (Å²) >= 11 is 0. The van der Waals surface area contributed by atoms with Crippen molar-refractivity contribution >= 4 is 22.0 Å². The van der Waals surface area contributed by atoms with E-state index in [-0.39, 0.29) is 38.0 Å². The van der Waals surface area contributed by atoms with E-state index < -0.39 is 39.5 Å². The van der Waals surface area contributed by atoms with Gasteiger partial charge in [0.2, 0.25) is 11.8 Å². The van der Waals surface area contributed by atoms with Gasteiger partial charge in [0, 0.05) is 39.3 Å². The van der Waals surface area contributed by atoms with Crippen LogP contribution in [0.15, 0.2) is 24.3 Å². The topological polar surface area (TPSA) is 110 Å². The van der Waals surface area contributed by atoms with Crippen LogP contribution in [0.5, 0.6) is 0 Å². The molecule has 3 saturated heterocycles. The third kappa shape index (κ3) is 5.68. The van der Waals surface area contributed by atoms with Gasteiger partial charge in [-0.05, 0) is 50.3 Å². The molecule has 1 aromatic rings. The summed E-state index contributed by atoms with van der Waals surface area (Å²) in [5.74, 6) is -1.22. The second-order valence-electron chi connectivity index (χ2n) is 10.1. The summed E-state index contributed by atoms with van der Waals surface area (Å²) in [6, 6.07) is 3.81. The SMILES string of the molecule is CC1(O)CN(S(=O)(=O)N2CCC[C@H](C(=O)N3CCC[C@@H]3C(=O)NCc3ccc(C(F)(F)F)cc3)C2)C1. The molecule has 3 fully saturated rings. The van der Waals surface area contributed by atoms with Gasteiger partial charge >= 0.3 is 6.18 Å².